The van der Waals surface area contributed by atoms with Crippen molar-refractivity contribution in [2.45, 2.75) is 25.2 Å². The van der Waals surface area contributed by atoms with Crippen molar-refractivity contribution >= 4 is 5.69 Å². The summed E-state index contributed by atoms with van der Waals surface area (Å²) in [5.41, 5.74) is 0.409. The second kappa shape index (κ2) is 5.67. The monoisotopic (exact) mass is 296 g/mol. The van der Waals surface area contributed by atoms with E-state index in [4.69, 9.17) is 9.47 Å². The predicted molar refractivity (Wildman–Crippen MR) is 72.2 cm³/mol. The van der Waals surface area contributed by atoms with Crippen molar-refractivity contribution in [2.75, 3.05) is 26.3 Å². The summed E-state index contributed by atoms with van der Waals surface area (Å²) in [5.74, 6) is -1.01. The van der Waals surface area contributed by atoms with Gasteiger partial charge in [-0.05, 0) is 11.6 Å². The summed E-state index contributed by atoms with van der Waals surface area (Å²) in [6, 6.07) is 3.71. The van der Waals surface area contributed by atoms with Crippen molar-refractivity contribution in [3.8, 4) is 0 Å². The van der Waals surface area contributed by atoms with Crippen LogP contribution < -0.4 is 0 Å². The van der Waals surface area contributed by atoms with Gasteiger partial charge < -0.3 is 9.47 Å². The average molecular weight is 296 g/mol. The Morgan fingerprint density at radius 1 is 1.24 bits per heavy atom. The van der Waals surface area contributed by atoms with E-state index in [0.717, 1.165) is 32.0 Å². The van der Waals surface area contributed by atoms with Gasteiger partial charge in [0.15, 0.2) is 5.79 Å². The molecule has 0 atom stereocenters. The van der Waals surface area contributed by atoms with Crippen LogP contribution >= 0.6 is 0 Å². The van der Waals surface area contributed by atoms with Crippen LogP contribution in [-0.2, 0) is 16.0 Å². The molecule has 2 aliphatic rings. The molecule has 0 aliphatic carbocycles. The average Bonchev–Trinajstić information content (AvgIpc) is 2.89. The summed E-state index contributed by atoms with van der Waals surface area (Å²) in [4.78, 5) is 12.3. The second-order valence-corrected chi connectivity index (χ2v) is 5.46. The van der Waals surface area contributed by atoms with Crippen molar-refractivity contribution in [1.82, 2.24) is 4.90 Å². The topological polar surface area (TPSA) is 64.8 Å². The number of non-ortho nitro benzene ring substituents is 1. The highest BCUT2D eigenvalue weighted by Gasteiger charge is 2.39. The zero-order valence-corrected chi connectivity index (χ0v) is 11.6. The Morgan fingerprint density at radius 3 is 2.52 bits per heavy atom. The van der Waals surface area contributed by atoms with Gasteiger partial charge in [0.2, 0.25) is 0 Å². The van der Waals surface area contributed by atoms with Crippen LogP contribution in [0.15, 0.2) is 18.2 Å². The van der Waals surface area contributed by atoms with Gasteiger partial charge in [-0.2, -0.15) is 0 Å². The minimum Gasteiger partial charge on any atom is -0.347 e. The first-order chi connectivity index (χ1) is 10.1. The third kappa shape index (κ3) is 3.20. The van der Waals surface area contributed by atoms with Gasteiger partial charge in [0.25, 0.3) is 5.69 Å². The smallest absolute Gasteiger partial charge is 0.272 e. The highest BCUT2D eigenvalue weighted by molar-refractivity contribution is 5.35. The summed E-state index contributed by atoms with van der Waals surface area (Å²) in [6.07, 6.45) is 1.54. The second-order valence-electron chi connectivity index (χ2n) is 5.46. The third-order valence-corrected chi connectivity index (χ3v) is 3.99. The molecule has 2 heterocycles. The van der Waals surface area contributed by atoms with Gasteiger partial charge >= 0.3 is 0 Å². The normalized spacial score (nSPS) is 21.8. The lowest BCUT2D eigenvalue weighted by Gasteiger charge is -2.37. The Labute approximate surface area is 121 Å². The minimum atomic E-state index is -0.574. The molecule has 7 heteroatoms. The van der Waals surface area contributed by atoms with E-state index < -0.39 is 16.5 Å². The fraction of sp³-hybridized carbons (Fsp3) is 0.571. The zero-order valence-electron chi connectivity index (χ0n) is 11.6. The number of piperidine rings is 1. The molecule has 21 heavy (non-hydrogen) atoms. The summed E-state index contributed by atoms with van der Waals surface area (Å²) in [7, 11) is 0. The molecule has 2 aliphatic heterocycles. The Bertz CT molecular complexity index is 536. The summed E-state index contributed by atoms with van der Waals surface area (Å²) in [5, 5.41) is 10.8. The predicted octanol–water partition coefficient (Wildman–Crippen LogP) is 2.07. The number of rotatable bonds is 3. The Hall–Kier alpha value is -1.57. The van der Waals surface area contributed by atoms with Crippen molar-refractivity contribution < 1.29 is 18.8 Å². The molecule has 114 valence electrons. The first kappa shape index (κ1) is 14.4. The van der Waals surface area contributed by atoms with E-state index in [9.17, 15) is 14.5 Å². The molecule has 0 radical (unpaired) electrons. The van der Waals surface area contributed by atoms with Gasteiger partial charge in [0, 0.05) is 38.5 Å². The van der Waals surface area contributed by atoms with Crippen LogP contribution in [-0.4, -0.2) is 41.9 Å². The standard InChI is InChI=1S/C14H17FN2O4/c15-12-7-11(8-13(9-12)17(18)19)10-16-3-1-14(2-4-16)20-5-6-21-14/h7-9H,1-6,10H2. The van der Waals surface area contributed by atoms with E-state index >= 15 is 0 Å². The zero-order chi connectivity index (χ0) is 14.9. The molecule has 0 N–H and O–H groups in total. The first-order valence-electron chi connectivity index (χ1n) is 7.00. The molecule has 0 bridgehead atoms. The molecular weight excluding hydrogens is 279 g/mol. The van der Waals surface area contributed by atoms with Crippen molar-refractivity contribution in [3.63, 3.8) is 0 Å². The van der Waals surface area contributed by atoms with Crippen LogP contribution in [0, 0.1) is 15.9 Å². The van der Waals surface area contributed by atoms with E-state index in [-0.39, 0.29) is 5.69 Å². The first-order valence-corrected chi connectivity index (χ1v) is 7.00. The van der Waals surface area contributed by atoms with Gasteiger partial charge in [0.1, 0.15) is 5.82 Å². The van der Waals surface area contributed by atoms with Gasteiger partial charge in [-0.15, -0.1) is 0 Å². The number of hydrogen-bond donors (Lipinski definition) is 0. The van der Waals surface area contributed by atoms with E-state index in [0.29, 0.717) is 25.3 Å². The molecule has 2 fully saturated rings. The Morgan fingerprint density at radius 2 is 1.90 bits per heavy atom. The molecule has 0 saturated carbocycles. The van der Waals surface area contributed by atoms with E-state index in [1.54, 1.807) is 0 Å². The van der Waals surface area contributed by atoms with Crippen LogP contribution in [0.5, 0.6) is 0 Å². The third-order valence-electron chi connectivity index (χ3n) is 3.99. The van der Waals surface area contributed by atoms with Crippen molar-refractivity contribution in [1.29, 1.82) is 0 Å². The van der Waals surface area contributed by atoms with Crippen molar-refractivity contribution in [2.24, 2.45) is 0 Å². The molecule has 3 rings (SSSR count). The van der Waals surface area contributed by atoms with E-state index in [2.05, 4.69) is 4.90 Å². The largest absolute Gasteiger partial charge is 0.347 e. The maximum Gasteiger partial charge on any atom is 0.272 e. The van der Waals surface area contributed by atoms with Gasteiger partial charge in [0.05, 0.1) is 24.2 Å². The number of likely N-dealkylation sites (tertiary alicyclic amines) is 1. The minimum absolute atomic E-state index is 0.207. The number of halogens is 1. The molecule has 1 aromatic rings. The van der Waals surface area contributed by atoms with Gasteiger partial charge in [-0.3, -0.25) is 15.0 Å². The Balaban J connectivity index is 1.64. The molecule has 0 unspecified atom stereocenters. The molecule has 0 amide bonds. The number of nitrogens with zero attached hydrogens (tertiary/aromatic N) is 2. The lowest BCUT2D eigenvalue weighted by molar-refractivity contribution is -0.385. The lowest BCUT2D eigenvalue weighted by atomic mass is 10.0. The maximum atomic E-state index is 13.4. The molecular formula is C14H17FN2O4. The highest BCUT2D eigenvalue weighted by Crippen LogP contribution is 2.32. The summed E-state index contributed by atoms with van der Waals surface area (Å²) in [6.45, 7) is 3.30. The molecule has 2 saturated heterocycles. The van der Waals surface area contributed by atoms with Crippen LogP contribution in [0.1, 0.15) is 18.4 Å². The number of benzene rings is 1. The highest BCUT2D eigenvalue weighted by atomic mass is 19.1. The fourth-order valence-corrected chi connectivity index (χ4v) is 2.93. The van der Waals surface area contributed by atoms with E-state index in [1.807, 2.05) is 0 Å². The van der Waals surface area contributed by atoms with Crippen molar-refractivity contribution in [3.05, 3.63) is 39.7 Å². The quantitative estimate of drug-likeness (QED) is 0.631. The van der Waals surface area contributed by atoms with Gasteiger partial charge in [-0.1, -0.05) is 0 Å². The SMILES string of the molecule is O=[N+]([O-])c1cc(F)cc(CN2CCC3(CC2)OCCO3)c1. The van der Waals surface area contributed by atoms with Gasteiger partial charge in [-0.25, -0.2) is 4.39 Å². The van der Waals surface area contributed by atoms with Crippen LogP contribution in [0.3, 0.4) is 0 Å². The molecule has 6 nitrogen and oxygen atoms in total. The molecule has 1 spiro atoms. The van der Waals surface area contributed by atoms with E-state index in [1.165, 1.54) is 12.1 Å². The summed E-state index contributed by atoms with van der Waals surface area (Å²) >= 11 is 0. The van der Waals surface area contributed by atoms with Crippen LogP contribution in [0.25, 0.3) is 0 Å². The fourth-order valence-electron chi connectivity index (χ4n) is 2.93. The maximum absolute atomic E-state index is 13.4. The molecule has 0 aromatic heterocycles. The van der Waals surface area contributed by atoms with Crippen LogP contribution in [0.4, 0.5) is 10.1 Å². The molecule has 1 aromatic carbocycles. The number of hydrogen-bond acceptors (Lipinski definition) is 5. The van der Waals surface area contributed by atoms with Crippen LogP contribution in [0.2, 0.25) is 0 Å². The number of ether oxygens (including phenoxy) is 2. The Kier molecular flexibility index (Phi) is 3.88. The number of nitro groups is 1. The number of nitro benzene ring substituents is 1. The summed E-state index contributed by atoms with van der Waals surface area (Å²) < 4.78 is 24.7. The lowest BCUT2D eigenvalue weighted by Crippen LogP contribution is -2.44.